The van der Waals surface area contributed by atoms with Crippen molar-refractivity contribution in [2.45, 2.75) is 13.5 Å². The summed E-state index contributed by atoms with van der Waals surface area (Å²) in [5.74, 6) is 1.03. The Kier molecular flexibility index (Phi) is 3.06. The van der Waals surface area contributed by atoms with Gasteiger partial charge in [-0.05, 0) is 31.7 Å². The van der Waals surface area contributed by atoms with E-state index in [1.54, 1.807) is 0 Å². The van der Waals surface area contributed by atoms with Gasteiger partial charge in [-0.1, -0.05) is 6.07 Å². The maximum absolute atomic E-state index is 4.60. The third-order valence-corrected chi connectivity index (χ3v) is 3.82. The number of fused-ring (bicyclic) bond motifs is 1. The monoisotopic (exact) mass is 269 g/mol. The molecule has 0 aliphatic rings. The van der Waals surface area contributed by atoms with E-state index in [9.17, 15) is 0 Å². The van der Waals surface area contributed by atoms with Crippen LogP contribution in [-0.4, -0.2) is 26.4 Å². The molecule has 0 aliphatic heterocycles. The molecule has 2 heterocycles. The van der Waals surface area contributed by atoms with Crippen LogP contribution in [0.3, 0.4) is 0 Å². The smallest absolute Gasteiger partial charge is 0.106 e. The summed E-state index contributed by atoms with van der Waals surface area (Å²) in [4.78, 5) is 4.60. The molecule has 104 valence electrons. The summed E-state index contributed by atoms with van der Waals surface area (Å²) < 4.78 is 4.02. The first-order chi connectivity index (χ1) is 9.61. The number of hydrogen-bond donors (Lipinski definition) is 1. The van der Waals surface area contributed by atoms with Crippen LogP contribution in [0.1, 0.15) is 11.5 Å². The lowest BCUT2D eigenvalue weighted by Gasteiger charge is -2.06. The predicted octanol–water partition coefficient (Wildman–Crippen LogP) is 2.00. The summed E-state index contributed by atoms with van der Waals surface area (Å²) >= 11 is 0. The highest BCUT2D eigenvalue weighted by molar-refractivity contribution is 5.83. The van der Waals surface area contributed by atoms with Gasteiger partial charge in [0, 0.05) is 26.2 Å². The Hall–Kier alpha value is -2.14. The van der Waals surface area contributed by atoms with Gasteiger partial charge in [0.2, 0.25) is 0 Å². The Morgan fingerprint density at radius 3 is 2.80 bits per heavy atom. The second-order valence-corrected chi connectivity index (χ2v) is 5.08. The molecule has 0 unspecified atom stereocenters. The van der Waals surface area contributed by atoms with Gasteiger partial charge in [0.15, 0.2) is 0 Å². The molecule has 5 heteroatoms. The normalized spacial score (nSPS) is 11.4. The molecule has 3 aromatic rings. The van der Waals surface area contributed by atoms with Crippen molar-refractivity contribution in [1.29, 1.82) is 0 Å². The fourth-order valence-electron chi connectivity index (χ4n) is 2.57. The lowest BCUT2D eigenvalue weighted by Crippen LogP contribution is -2.10. The zero-order chi connectivity index (χ0) is 14.3. The van der Waals surface area contributed by atoms with Crippen molar-refractivity contribution in [2.24, 2.45) is 14.1 Å². The van der Waals surface area contributed by atoms with Crippen LogP contribution in [0.15, 0.2) is 24.4 Å². The Labute approximate surface area is 118 Å². The molecule has 1 aromatic carbocycles. The van der Waals surface area contributed by atoms with Crippen LogP contribution >= 0.6 is 0 Å². The van der Waals surface area contributed by atoms with Crippen LogP contribution in [0.4, 0.5) is 0 Å². The number of aryl methyl sites for hydroxylation is 3. The third kappa shape index (κ3) is 1.91. The van der Waals surface area contributed by atoms with Crippen molar-refractivity contribution >= 4 is 11.0 Å². The second kappa shape index (κ2) is 4.76. The number of rotatable bonds is 3. The Bertz CT molecular complexity index is 766. The van der Waals surface area contributed by atoms with Gasteiger partial charge < -0.3 is 9.88 Å². The molecule has 0 saturated carbocycles. The van der Waals surface area contributed by atoms with E-state index in [0.29, 0.717) is 0 Å². The number of hydrogen-bond acceptors (Lipinski definition) is 3. The van der Waals surface area contributed by atoms with Gasteiger partial charge in [0.25, 0.3) is 0 Å². The molecular formula is C15H19N5. The highest BCUT2D eigenvalue weighted by Crippen LogP contribution is 2.27. The van der Waals surface area contributed by atoms with Crippen molar-refractivity contribution in [3.63, 3.8) is 0 Å². The van der Waals surface area contributed by atoms with Gasteiger partial charge in [0.1, 0.15) is 5.82 Å². The van der Waals surface area contributed by atoms with Gasteiger partial charge in [-0.3, -0.25) is 4.68 Å². The molecule has 0 bridgehead atoms. The number of imidazole rings is 1. The molecule has 2 aromatic heterocycles. The predicted molar refractivity (Wildman–Crippen MR) is 80.4 cm³/mol. The fourth-order valence-corrected chi connectivity index (χ4v) is 2.57. The Morgan fingerprint density at radius 1 is 1.25 bits per heavy atom. The van der Waals surface area contributed by atoms with Gasteiger partial charge in [-0.2, -0.15) is 5.10 Å². The van der Waals surface area contributed by atoms with Gasteiger partial charge >= 0.3 is 0 Å². The summed E-state index contributed by atoms with van der Waals surface area (Å²) in [6.07, 6.45) is 1.92. The summed E-state index contributed by atoms with van der Waals surface area (Å²) in [7, 11) is 5.96. The molecule has 0 radical (unpaired) electrons. The van der Waals surface area contributed by atoms with Crippen molar-refractivity contribution in [2.75, 3.05) is 7.05 Å². The highest BCUT2D eigenvalue weighted by Gasteiger charge is 2.12. The first-order valence-electron chi connectivity index (χ1n) is 6.70. The van der Waals surface area contributed by atoms with Gasteiger partial charge in [-0.25, -0.2) is 4.98 Å². The molecular weight excluding hydrogens is 250 g/mol. The summed E-state index contributed by atoms with van der Waals surface area (Å²) in [6, 6.07) is 6.40. The van der Waals surface area contributed by atoms with Gasteiger partial charge in [0.05, 0.1) is 22.9 Å². The number of nitrogens with zero attached hydrogens (tertiary/aromatic N) is 4. The number of aromatic nitrogens is 4. The molecule has 0 aliphatic carbocycles. The van der Waals surface area contributed by atoms with Gasteiger partial charge in [-0.15, -0.1) is 0 Å². The number of benzene rings is 1. The fraction of sp³-hybridized carbons (Fsp3) is 0.333. The van der Waals surface area contributed by atoms with Crippen molar-refractivity contribution in [3.05, 3.63) is 35.9 Å². The molecule has 0 saturated heterocycles. The SMILES string of the molecule is CNCc1c(-c2ccc3c(c2)nc(C)n3C)cnn1C. The minimum Gasteiger partial charge on any atom is -0.331 e. The van der Waals surface area contributed by atoms with Crippen LogP contribution in [0, 0.1) is 6.92 Å². The average Bonchev–Trinajstić information content (AvgIpc) is 2.92. The summed E-state index contributed by atoms with van der Waals surface area (Å²) in [5.41, 5.74) is 5.69. The van der Waals surface area contributed by atoms with Crippen molar-refractivity contribution < 1.29 is 0 Å². The molecule has 1 N–H and O–H groups in total. The highest BCUT2D eigenvalue weighted by atomic mass is 15.3. The Balaban J connectivity index is 2.15. The van der Waals surface area contributed by atoms with Crippen molar-refractivity contribution in [1.82, 2.24) is 24.6 Å². The molecule has 5 nitrogen and oxygen atoms in total. The van der Waals surface area contributed by atoms with Crippen LogP contribution in [-0.2, 0) is 20.6 Å². The summed E-state index contributed by atoms with van der Waals surface area (Å²) in [5, 5.41) is 7.56. The zero-order valence-corrected chi connectivity index (χ0v) is 12.3. The molecule has 3 rings (SSSR count). The van der Waals surface area contributed by atoms with E-state index in [0.717, 1.165) is 34.5 Å². The molecule has 0 fully saturated rings. The van der Waals surface area contributed by atoms with E-state index in [1.165, 1.54) is 5.69 Å². The van der Waals surface area contributed by atoms with Crippen LogP contribution in [0.5, 0.6) is 0 Å². The molecule has 0 amide bonds. The van der Waals surface area contributed by atoms with E-state index in [-0.39, 0.29) is 0 Å². The van der Waals surface area contributed by atoms with E-state index < -0.39 is 0 Å². The maximum Gasteiger partial charge on any atom is 0.106 e. The third-order valence-electron chi connectivity index (χ3n) is 3.82. The van der Waals surface area contributed by atoms with Crippen LogP contribution < -0.4 is 5.32 Å². The Morgan fingerprint density at radius 2 is 2.05 bits per heavy atom. The van der Waals surface area contributed by atoms with E-state index in [1.807, 2.05) is 38.9 Å². The quantitative estimate of drug-likeness (QED) is 0.791. The van der Waals surface area contributed by atoms with Crippen LogP contribution in [0.25, 0.3) is 22.2 Å². The molecule has 0 spiro atoms. The largest absolute Gasteiger partial charge is 0.331 e. The average molecular weight is 269 g/mol. The van der Waals surface area contributed by atoms with E-state index >= 15 is 0 Å². The first-order valence-corrected chi connectivity index (χ1v) is 6.70. The number of nitrogens with one attached hydrogen (secondary N) is 1. The summed E-state index contributed by atoms with van der Waals surface area (Å²) in [6.45, 7) is 2.82. The first kappa shape index (κ1) is 12.9. The second-order valence-electron chi connectivity index (χ2n) is 5.08. The topological polar surface area (TPSA) is 47.7 Å². The minimum absolute atomic E-state index is 0.797. The van der Waals surface area contributed by atoms with Crippen molar-refractivity contribution in [3.8, 4) is 11.1 Å². The van der Waals surface area contributed by atoms with E-state index in [4.69, 9.17) is 0 Å². The molecule has 0 atom stereocenters. The zero-order valence-electron chi connectivity index (χ0n) is 12.3. The standard InChI is InChI=1S/C15H19N5/c1-10-18-13-7-11(5-6-14(13)19(10)3)12-8-17-20(4)15(12)9-16-2/h5-8,16H,9H2,1-4H3. The minimum atomic E-state index is 0.797. The maximum atomic E-state index is 4.60. The molecule has 20 heavy (non-hydrogen) atoms. The lowest BCUT2D eigenvalue weighted by molar-refractivity contribution is 0.673. The lowest BCUT2D eigenvalue weighted by atomic mass is 10.1. The van der Waals surface area contributed by atoms with E-state index in [2.05, 4.69) is 38.2 Å². The van der Waals surface area contributed by atoms with Crippen LogP contribution in [0.2, 0.25) is 0 Å².